The van der Waals surface area contributed by atoms with Crippen molar-refractivity contribution in [1.82, 2.24) is 20.3 Å². The van der Waals surface area contributed by atoms with E-state index in [1.807, 2.05) is 18.2 Å². The molecule has 3 N–H and O–H groups in total. The molecule has 0 unspecified atom stereocenters. The number of carboxylic acids is 1. The van der Waals surface area contributed by atoms with Crippen LogP contribution in [0.5, 0.6) is 0 Å². The average molecular weight is 275 g/mol. The topological polar surface area (TPSA) is 109 Å². The Kier molecular flexibility index (Phi) is 4.28. The first-order valence-corrected chi connectivity index (χ1v) is 5.88. The van der Waals surface area contributed by atoms with Crippen molar-refractivity contribution in [1.29, 1.82) is 0 Å². The van der Waals surface area contributed by atoms with Crippen LogP contribution in [0.2, 0.25) is 0 Å². The first kappa shape index (κ1) is 13.5. The van der Waals surface area contributed by atoms with Crippen molar-refractivity contribution in [3.63, 3.8) is 0 Å². The summed E-state index contributed by atoms with van der Waals surface area (Å²) in [7, 11) is 0. The summed E-state index contributed by atoms with van der Waals surface area (Å²) in [5, 5.41) is 21.1. The zero-order valence-electron chi connectivity index (χ0n) is 10.5. The second kappa shape index (κ2) is 6.32. The number of carboxylic acid groups (broad SMARTS) is 1. The summed E-state index contributed by atoms with van der Waals surface area (Å²) < 4.78 is 1.35. The van der Waals surface area contributed by atoms with E-state index in [0.717, 1.165) is 0 Å². The second-order valence-electron chi connectivity index (χ2n) is 3.92. The van der Waals surface area contributed by atoms with Crippen LogP contribution in [0.3, 0.4) is 0 Å². The molecule has 8 heteroatoms. The summed E-state index contributed by atoms with van der Waals surface area (Å²) in [6.07, 6.45) is 1.30. The Bertz CT molecular complexity index is 596. The van der Waals surface area contributed by atoms with Gasteiger partial charge >= 0.3 is 12.0 Å². The molecule has 104 valence electrons. The highest BCUT2D eigenvalue weighted by Gasteiger charge is 2.08. The van der Waals surface area contributed by atoms with E-state index >= 15 is 0 Å². The van der Waals surface area contributed by atoms with Crippen LogP contribution in [0.25, 0.3) is 0 Å². The molecule has 0 saturated heterocycles. The number of hydrogen-bond acceptors (Lipinski definition) is 4. The van der Waals surface area contributed by atoms with Gasteiger partial charge in [-0.05, 0) is 12.1 Å². The zero-order chi connectivity index (χ0) is 14.4. The molecular formula is C12H13N5O3. The van der Waals surface area contributed by atoms with Gasteiger partial charge in [0.25, 0.3) is 0 Å². The molecule has 0 fully saturated rings. The van der Waals surface area contributed by atoms with Gasteiger partial charge in [0.05, 0.1) is 12.7 Å². The Labute approximate surface area is 114 Å². The Balaban J connectivity index is 1.75. The third-order valence-electron chi connectivity index (χ3n) is 2.42. The molecule has 0 spiro atoms. The Hall–Kier alpha value is -2.90. The Morgan fingerprint density at radius 1 is 1.25 bits per heavy atom. The molecule has 0 aliphatic rings. The lowest BCUT2D eigenvalue weighted by atomic mass is 10.3. The fourth-order valence-corrected chi connectivity index (χ4v) is 1.49. The van der Waals surface area contributed by atoms with Gasteiger partial charge in [-0.2, -0.15) is 0 Å². The number of hydrogen-bond donors (Lipinski definition) is 3. The number of anilines is 1. The molecule has 0 aliphatic carbocycles. The Morgan fingerprint density at radius 2 is 2.00 bits per heavy atom. The van der Waals surface area contributed by atoms with Crippen molar-refractivity contribution >= 4 is 17.7 Å². The van der Waals surface area contributed by atoms with Gasteiger partial charge in [-0.3, -0.25) is 0 Å². The maximum Gasteiger partial charge on any atom is 0.358 e. The maximum absolute atomic E-state index is 11.6. The van der Waals surface area contributed by atoms with Gasteiger partial charge in [-0.1, -0.05) is 23.4 Å². The number of carbonyl (C=O) groups excluding carboxylic acids is 1. The van der Waals surface area contributed by atoms with Crippen molar-refractivity contribution in [2.75, 3.05) is 11.9 Å². The predicted octanol–water partition coefficient (Wildman–Crippen LogP) is 0.798. The SMILES string of the molecule is O=C(NCCn1cc(C(=O)O)nn1)Nc1ccccc1. The van der Waals surface area contributed by atoms with Crippen LogP contribution in [0.4, 0.5) is 10.5 Å². The number of nitrogens with zero attached hydrogens (tertiary/aromatic N) is 3. The monoisotopic (exact) mass is 275 g/mol. The van der Waals surface area contributed by atoms with Gasteiger partial charge in [-0.15, -0.1) is 5.10 Å². The molecular weight excluding hydrogens is 262 g/mol. The number of aromatic nitrogens is 3. The first-order chi connectivity index (χ1) is 9.65. The smallest absolute Gasteiger partial charge is 0.358 e. The third-order valence-corrected chi connectivity index (χ3v) is 2.42. The van der Waals surface area contributed by atoms with Crippen molar-refractivity contribution < 1.29 is 14.7 Å². The van der Waals surface area contributed by atoms with E-state index < -0.39 is 5.97 Å². The largest absolute Gasteiger partial charge is 0.476 e. The number of urea groups is 1. The van der Waals surface area contributed by atoms with Crippen LogP contribution in [-0.2, 0) is 6.54 Å². The molecule has 1 aromatic carbocycles. The summed E-state index contributed by atoms with van der Waals surface area (Å²) in [5.41, 5.74) is 0.567. The number of para-hydroxylation sites is 1. The van der Waals surface area contributed by atoms with Gasteiger partial charge in [-0.25, -0.2) is 14.3 Å². The predicted molar refractivity (Wildman–Crippen MR) is 70.4 cm³/mol. The molecule has 0 atom stereocenters. The van der Waals surface area contributed by atoms with Crippen molar-refractivity contribution in [3.05, 3.63) is 42.2 Å². The van der Waals surface area contributed by atoms with E-state index in [0.29, 0.717) is 18.8 Å². The fourth-order valence-electron chi connectivity index (χ4n) is 1.49. The molecule has 0 bridgehead atoms. The number of aromatic carboxylic acids is 1. The molecule has 0 aliphatic heterocycles. The molecule has 1 aromatic heterocycles. The number of benzene rings is 1. The minimum atomic E-state index is -1.13. The highest BCUT2D eigenvalue weighted by molar-refractivity contribution is 5.89. The lowest BCUT2D eigenvalue weighted by Gasteiger charge is -2.07. The molecule has 1 heterocycles. The molecule has 8 nitrogen and oxygen atoms in total. The van der Waals surface area contributed by atoms with Gasteiger partial charge in [0.2, 0.25) is 0 Å². The fraction of sp³-hybridized carbons (Fsp3) is 0.167. The van der Waals surface area contributed by atoms with Crippen LogP contribution < -0.4 is 10.6 Å². The number of nitrogens with one attached hydrogen (secondary N) is 2. The standard InChI is InChI=1S/C12H13N5O3/c18-11(19)10-8-17(16-15-10)7-6-13-12(20)14-9-4-2-1-3-5-9/h1-5,8H,6-7H2,(H,18,19)(H2,13,14,20). The third kappa shape index (κ3) is 3.80. The minimum Gasteiger partial charge on any atom is -0.476 e. The van der Waals surface area contributed by atoms with E-state index in [1.54, 1.807) is 12.1 Å². The highest BCUT2D eigenvalue weighted by Crippen LogP contribution is 2.03. The van der Waals surface area contributed by atoms with Crippen LogP contribution in [0, 0.1) is 0 Å². The number of carbonyl (C=O) groups is 2. The second-order valence-corrected chi connectivity index (χ2v) is 3.92. The summed E-state index contributed by atoms with van der Waals surface area (Å²) >= 11 is 0. The average Bonchev–Trinajstić information content (AvgIpc) is 2.89. The minimum absolute atomic E-state index is 0.126. The van der Waals surface area contributed by atoms with Crippen molar-refractivity contribution in [2.45, 2.75) is 6.54 Å². The number of amides is 2. The van der Waals surface area contributed by atoms with E-state index in [9.17, 15) is 9.59 Å². The van der Waals surface area contributed by atoms with Crippen molar-refractivity contribution in [2.24, 2.45) is 0 Å². The quantitative estimate of drug-likeness (QED) is 0.747. The van der Waals surface area contributed by atoms with Gasteiger partial charge in [0, 0.05) is 12.2 Å². The molecule has 2 amide bonds. The molecule has 2 aromatic rings. The van der Waals surface area contributed by atoms with E-state index in [4.69, 9.17) is 5.11 Å². The van der Waals surface area contributed by atoms with Gasteiger partial charge in [0.1, 0.15) is 0 Å². The molecule has 0 radical (unpaired) electrons. The summed E-state index contributed by atoms with van der Waals surface area (Å²) in [4.78, 5) is 22.2. The van der Waals surface area contributed by atoms with E-state index in [1.165, 1.54) is 10.9 Å². The summed E-state index contributed by atoms with van der Waals surface area (Å²) in [5.74, 6) is -1.13. The Morgan fingerprint density at radius 3 is 2.65 bits per heavy atom. The zero-order valence-corrected chi connectivity index (χ0v) is 10.5. The van der Waals surface area contributed by atoms with E-state index in [-0.39, 0.29) is 11.7 Å². The molecule has 2 rings (SSSR count). The highest BCUT2D eigenvalue weighted by atomic mass is 16.4. The molecule has 20 heavy (non-hydrogen) atoms. The normalized spacial score (nSPS) is 10.0. The number of rotatable bonds is 5. The maximum atomic E-state index is 11.6. The summed E-state index contributed by atoms with van der Waals surface area (Å²) in [6.45, 7) is 0.642. The van der Waals surface area contributed by atoms with Crippen LogP contribution in [0.15, 0.2) is 36.5 Å². The molecule has 0 saturated carbocycles. The van der Waals surface area contributed by atoms with Crippen molar-refractivity contribution in [3.8, 4) is 0 Å². The van der Waals surface area contributed by atoms with Crippen LogP contribution in [0.1, 0.15) is 10.5 Å². The van der Waals surface area contributed by atoms with Gasteiger partial charge in [0.15, 0.2) is 5.69 Å². The van der Waals surface area contributed by atoms with Crippen LogP contribution in [-0.4, -0.2) is 38.6 Å². The van der Waals surface area contributed by atoms with E-state index in [2.05, 4.69) is 20.9 Å². The van der Waals surface area contributed by atoms with Crippen LogP contribution >= 0.6 is 0 Å². The lowest BCUT2D eigenvalue weighted by Crippen LogP contribution is -2.31. The lowest BCUT2D eigenvalue weighted by molar-refractivity contribution is 0.0690. The first-order valence-electron chi connectivity index (χ1n) is 5.88. The van der Waals surface area contributed by atoms with Gasteiger partial charge < -0.3 is 15.7 Å². The summed E-state index contributed by atoms with van der Waals surface area (Å²) in [6, 6.07) is 8.70.